The number of benzene rings is 2. The lowest BCUT2D eigenvalue weighted by atomic mass is 10.0. The molecule has 0 aromatic heterocycles. The van der Waals surface area contributed by atoms with Gasteiger partial charge in [-0.05, 0) is 30.2 Å². The minimum Gasteiger partial charge on any atom is -0.372 e. The minimum absolute atomic E-state index is 0.0841. The van der Waals surface area contributed by atoms with E-state index in [0.29, 0.717) is 16.3 Å². The Hall–Kier alpha value is -3.17. The lowest BCUT2D eigenvalue weighted by Crippen LogP contribution is -2.48. The van der Waals surface area contributed by atoms with Crippen molar-refractivity contribution in [3.8, 4) is 0 Å². The Kier molecular flexibility index (Phi) is 8.56. The number of carbonyl (C=O) groups excluding carboxylic acids is 2. The zero-order valence-corrected chi connectivity index (χ0v) is 19.4. The molecule has 11 heteroatoms. The van der Waals surface area contributed by atoms with E-state index >= 15 is 0 Å². The third kappa shape index (κ3) is 6.41. The summed E-state index contributed by atoms with van der Waals surface area (Å²) in [5.41, 5.74) is 3.42. The third-order valence-electron chi connectivity index (χ3n) is 4.48. The van der Waals surface area contributed by atoms with Crippen molar-refractivity contribution in [2.24, 2.45) is 11.0 Å². The van der Waals surface area contributed by atoms with Crippen LogP contribution >= 0.6 is 23.2 Å². The SMILES string of the molecule is CC(C)C(NC(=O)c1ccc(Cl)c(Cl)c1)C(=O)NN=Cc1ccc(N(C)C)c([N+](=O)[O-])c1. The largest absolute Gasteiger partial charge is 0.372 e. The molecule has 0 aliphatic carbocycles. The number of amides is 2. The van der Waals surface area contributed by atoms with Gasteiger partial charge < -0.3 is 10.2 Å². The van der Waals surface area contributed by atoms with Crippen LogP contribution in [0.5, 0.6) is 0 Å². The molecule has 2 rings (SSSR count). The lowest BCUT2D eigenvalue weighted by molar-refractivity contribution is -0.384. The number of anilines is 1. The molecule has 0 aliphatic heterocycles. The first-order chi connectivity index (χ1) is 15.0. The molecule has 1 atom stereocenters. The molecule has 2 amide bonds. The van der Waals surface area contributed by atoms with E-state index in [9.17, 15) is 19.7 Å². The van der Waals surface area contributed by atoms with Crippen molar-refractivity contribution in [2.75, 3.05) is 19.0 Å². The average molecular weight is 480 g/mol. The predicted octanol–water partition coefficient (Wildman–Crippen LogP) is 3.87. The molecule has 1 unspecified atom stereocenters. The van der Waals surface area contributed by atoms with Gasteiger partial charge in [0.1, 0.15) is 11.7 Å². The van der Waals surface area contributed by atoms with E-state index in [0.717, 1.165) is 0 Å². The molecule has 0 fully saturated rings. The maximum absolute atomic E-state index is 12.6. The summed E-state index contributed by atoms with van der Waals surface area (Å²) >= 11 is 11.8. The summed E-state index contributed by atoms with van der Waals surface area (Å²) in [6, 6.07) is 8.13. The van der Waals surface area contributed by atoms with Gasteiger partial charge in [0.05, 0.1) is 21.2 Å². The van der Waals surface area contributed by atoms with E-state index in [4.69, 9.17) is 23.2 Å². The van der Waals surface area contributed by atoms with Crippen LogP contribution in [-0.4, -0.2) is 43.1 Å². The smallest absolute Gasteiger partial charge is 0.293 e. The van der Waals surface area contributed by atoms with Crippen LogP contribution < -0.4 is 15.6 Å². The van der Waals surface area contributed by atoms with Crippen LogP contribution in [0.3, 0.4) is 0 Å². The van der Waals surface area contributed by atoms with Crippen LogP contribution in [0.25, 0.3) is 0 Å². The summed E-state index contributed by atoms with van der Waals surface area (Å²) in [4.78, 5) is 37.5. The highest BCUT2D eigenvalue weighted by Gasteiger charge is 2.25. The second-order valence-corrected chi connectivity index (χ2v) is 8.27. The number of hydrazone groups is 1. The Bertz CT molecular complexity index is 1060. The van der Waals surface area contributed by atoms with Crippen molar-refractivity contribution in [3.05, 3.63) is 67.7 Å². The van der Waals surface area contributed by atoms with E-state index in [1.165, 1.54) is 30.5 Å². The van der Waals surface area contributed by atoms with E-state index < -0.39 is 22.8 Å². The summed E-state index contributed by atoms with van der Waals surface area (Å²) in [6.45, 7) is 3.54. The predicted molar refractivity (Wildman–Crippen MR) is 126 cm³/mol. The number of hydrogen-bond acceptors (Lipinski definition) is 6. The quantitative estimate of drug-likeness (QED) is 0.338. The number of nitro benzene ring substituents is 1. The molecule has 2 aromatic rings. The fourth-order valence-corrected chi connectivity index (χ4v) is 3.08. The van der Waals surface area contributed by atoms with Gasteiger partial charge in [0.2, 0.25) is 0 Å². The van der Waals surface area contributed by atoms with Crippen molar-refractivity contribution in [2.45, 2.75) is 19.9 Å². The van der Waals surface area contributed by atoms with E-state index in [1.807, 2.05) is 0 Å². The normalized spacial score (nSPS) is 12.0. The van der Waals surface area contributed by atoms with Gasteiger partial charge in [-0.1, -0.05) is 43.1 Å². The Balaban J connectivity index is 2.10. The Morgan fingerprint density at radius 2 is 1.81 bits per heavy atom. The molecule has 0 heterocycles. The van der Waals surface area contributed by atoms with Crippen LogP contribution in [0.15, 0.2) is 41.5 Å². The first-order valence-corrected chi connectivity index (χ1v) is 10.3. The van der Waals surface area contributed by atoms with Gasteiger partial charge in [-0.2, -0.15) is 5.10 Å². The Labute approximate surface area is 195 Å². The maximum atomic E-state index is 12.6. The van der Waals surface area contributed by atoms with Crippen LogP contribution in [0.2, 0.25) is 10.0 Å². The summed E-state index contributed by atoms with van der Waals surface area (Å²) in [6.07, 6.45) is 1.29. The highest BCUT2D eigenvalue weighted by molar-refractivity contribution is 6.42. The van der Waals surface area contributed by atoms with Gasteiger partial charge in [-0.15, -0.1) is 0 Å². The number of nitro groups is 1. The molecule has 32 heavy (non-hydrogen) atoms. The molecule has 0 bridgehead atoms. The van der Waals surface area contributed by atoms with Gasteiger partial charge in [0.15, 0.2) is 0 Å². The molecule has 0 radical (unpaired) electrons. The van der Waals surface area contributed by atoms with Gasteiger partial charge in [0.25, 0.3) is 17.5 Å². The first kappa shape index (κ1) is 25.1. The molecular formula is C21H23Cl2N5O4. The highest BCUT2D eigenvalue weighted by atomic mass is 35.5. The fourth-order valence-electron chi connectivity index (χ4n) is 2.78. The topological polar surface area (TPSA) is 117 Å². The molecule has 0 saturated carbocycles. The molecule has 2 aromatic carbocycles. The highest BCUT2D eigenvalue weighted by Crippen LogP contribution is 2.27. The number of halogens is 2. The van der Waals surface area contributed by atoms with Gasteiger partial charge in [-0.3, -0.25) is 19.7 Å². The van der Waals surface area contributed by atoms with Crippen LogP contribution in [0, 0.1) is 16.0 Å². The number of carbonyl (C=O) groups is 2. The maximum Gasteiger partial charge on any atom is 0.293 e. The average Bonchev–Trinajstić information content (AvgIpc) is 2.73. The van der Waals surface area contributed by atoms with Crippen molar-refractivity contribution in [1.29, 1.82) is 0 Å². The molecule has 9 nitrogen and oxygen atoms in total. The molecule has 0 aliphatic rings. The molecule has 0 saturated heterocycles. The second kappa shape index (κ2) is 10.9. The number of hydrogen-bond donors (Lipinski definition) is 2. The second-order valence-electron chi connectivity index (χ2n) is 7.46. The number of nitrogens with zero attached hydrogens (tertiary/aromatic N) is 3. The molecule has 0 spiro atoms. The number of nitrogens with one attached hydrogen (secondary N) is 2. The van der Waals surface area contributed by atoms with Crippen molar-refractivity contribution >= 4 is 52.6 Å². The van der Waals surface area contributed by atoms with E-state index in [-0.39, 0.29) is 22.2 Å². The van der Waals surface area contributed by atoms with Gasteiger partial charge in [-0.25, -0.2) is 5.43 Å². The van der Waals surface area contributed by atoms with Crippen molar-refractivity contribution in [1.82, 2.24) is 10.7 Å². The van der Waals surface area contributed by atoms with Gasteiger partial charge >= 0.3 is 0 Å². The lowest BCUT2D eigenvalue weighted by Gasteiger charge is -2.20. The monoisotopic (exact) mass is 479 g/mol. The zero-order chi connectivity index (χ0) is 24.0. The summed E-state index contributed by atoms with van der Waals surface area (Å²) in [5.74, 6) is -1.27. The minimum atomic E-state index is -0.875. The van der Waals surface area contributed by atoms with Crippen molar-refractivity contribution in [3.63, 3.8) is 0 Å². The third-order valence-corrected chi connectivity index (χ3v) is 5.22. The summed E-state index contributed by atoms with van der Waals surface area (Å²) < 4.78 is 0. The van der Waals surface area contributed by atoms with E-state index in [2.05, 4.69) is 15.8 Å². The van der Waals surface area contributed by atoms with Crippen LogP contribution in [-0.2, 0) is 4.79 Å². The van der Waals surface area contributed by atoms with Gasteiger partial charge in [0, 0.05) is 31.3 Å². The Morgan fingerprint density at radius 3 is 2.38 bits per heavy atom. The molecule has 2 N–H and O–H groups in total. The van der Waals surface area contributed by atoms with Crippen LogP contribution in [0.1, 0.15) is 29.8 Å². The van der Waals surface area contributed by atoms with E-state index in [1.54, 1.807) is 45.0 Å². The number of rotatable bonds is 8. The summed E-state index contributed by atoms with van der Waals surface area (Å²) in [7, 11) is 3.41. The first-order valence-electron chi connectivity index (χ1n) is 9.55. The fraction of sp³-hybridized carbons (Fsp3) is 0.286. The standard InChI is InChI=1S/C21H23Cl2N5O4/c1-12(2)19(25-20(29)14-6-7-15(22)16(23)10-14)21(30)26-24-11-13-5-8-17(27(3)4)18(9-13)28(31)32/h5-12,19H,1-4H3,(H,25,29)(H,26,30). The summed E-state index contributed by atoms with van der Waals surface area (Å²) in [5, 5.41) is 18.4. The Morgan fingerprint density at radius 1 is 1.12 bits per heavy atom. The molecular weight excluding hydrogens is 457 g/mol. The van der Waals surface area contributed by atoms with Crippen LogP contribution in [0.4, 0.5) is 11.4 Å². The zero-order valence-electron chi connectivity index (χ0n) is 17.9. The van der Waals surface area contributed by atoms with Crippen molar-refractivity contribution < 1.29 is 14.5 Å². The molecule has 170 valence electrons.